The number of methoxy groups -OCH3 is 2. The standard InChI is InChI=1S/C86H76N4O17/c1-5-78(91)102-49-17-9-7-15-47-100-68-39-33-66(34-40-68)82(93)105-74-43-29-61(51-72(74)85(96)98-3)55-89-87-53-58-23-25-60(26-24-58)57-104-76-45-37-63-19-11-13-21-70(63)80(76)81-71-22-14-12-20-64(71)38-46-77(81)107-84(95)65-31-27-59(28-32-65)54-88-90-56-62-30-44-75(73(52-62)86(97)99-4)106-83(94)67-35-41-69(42-36-67)101-48-16-8-10-18-50-103-79(92)6-2/h5-6,11-14,19-46,51-56H,1-2,7-10,15-18,47-50,57H2,3-4H3/b87-53+,88-54+,89-55+,90-56+. The van der Waals surface area contributed by atoms with Crippen LogP contribution in [0.2, 0.25) is 0 Å². The van der Waals surface area contributed by atoms with E-state index in [4.69, 9.17) is 47.4 Å². The van der Waals surface area contributed by atoms with E-state index in [9.17, 15) is 33.6 Å². The highest BCUT2D eigenvalue weighted by Crippen LogP contribution is 2.46. The average molecular weight is 1440 g/mol. The van der Waals surface area contributed by atoms with Crippen LogP contribution in [0.1, 0.15) is 131 Å². The molecule has 10 aromatic rings. The van der Waals surface area contributed by atoms with Gasteiger partial charge in [-0.2, -0.15) is 20.4 Å². The summed E-state index contributed by atoms with van der Waals surface area (Å²) in [5, 5.41) is 20.4. The highest BCUT2D eigenvalue weighted by molar-refractivity contribution is 6.11. The van der Waals surface area contributed by atoms with Gasteiger partial charge in [-0.1, -0.05) is 110 Å². The van der Waals surface area contributed by atoms with Gasteiger partial charge in [0.1, 0.15) is 52.2 Å². The van der Waals surface area contributed by atoms with Crippen molar-refractivity contribution in [3.8, 4) is 45.6 Å². The summed E-state index contributed by atoms with van der Waals surface area (Å²) in [4.78, 5) is 88.8. The van der Waals surface area contributed by atoms with Crippen molar-refractivity contribution < 1.29 is 80.9 Å². The zero-order valence-corrected chi connectivity index (χ0v) is 58.9. The lowest BCUT2D eigenvalue weighted by atomic mass is 9.92. The Morgan fingerprint density at radius 2 is 0.701 bits per heavy atom. The third-order valence-corrected chi connectivity index (χ3v) is 16.6. The number of hydrogen-bond acceptors (Lipinski definition) is 21. The van der Waals surface area contributed by atoms with Gasteiger partial charge in [0.05, 0.1) is 82.2 Å². The van der Waals surface area contributed by atoms with E-state index in [0.29, 0.717) is 71.7 Å². The molecule has 0 heterocycles. The van der Waals surface area contributed by atoms with E-state index in [0.717, 1.165) is 102 Å². The Kier molecular flexibility index (Phi) is 28.0. The van der Waals surface area contributed by atoms with Crippen LogP contribution in [0.3, 0.4) is 0 Å². The van der Waals surface area contributed by atoms with Gasteiger partial charge in [0.2, 0.25) is 0 Å². The third kappa shape index (κ3) is 22.1. The lowest BCUT2D eigenvalue weighted by Crippen LogP contribution is -2.12. The van der Waals surface area contributed by atoms with Crippen molar-refractivity contribution >= 4 is 88.2 Å². The predicted octanol–water partition coefficient (Wildman–Crippen LogP) is 16.7. The van der Waals surface area contributed by atoms with Crippen LogP contribution in [0.4, 0.5) is 0 Å². The Morgan fingerprint density at radius 1 is 0.346 bits per heavy atom. The first kappa shape index (κ1) is 76.2. The molecule has 0 saturated heterocycles. The molecule has 107 heavy (non-hydrogen) atoms. The molecule has 0 aliphatic carbocycles. The second kappa shape index (κ2) is 39.3. The van der Waals surface area contributed by atoms with Crippen molar-refractivity contribution in [2.24, 2.45) is 20.4 Å². The third-order valence-electron chi connectivity index (χ3n) is 16.6. The van der Waals surface area contributed by atoms with E-state index < -0.39 is 41.8 Å². The predicted molar refractivity (Wildman–Crippen MR) is 408 cm³/mol. The second-order valence-corrected chi connectivity index (χ2v) is 23.9. The number of rotatable bonds is 36. The van der Waals surface area contributed by atoms with Crippen LogP contribution in [0.15, 0.2) is 252 Å². The Labute approximate surface area is 618 Å². The molecule has 0 aliphatic heterocycles. The molecule has 542 valence electrons. The quantitative estimate of drug-likeness (QED) is 0.00672. The number of nitrogens with zero attached hydrogens (tertiary/aromatic N) is 4. The first-order chi connectivity index (χ1) is 52.3. The van der Waals surface area contributed by atoms with Gasteiger partial charge in [0, 0.05) is 23.3 Å². The molecule has 21 nitrogen and oxygen atoms in total. The topological polar surface area (TPSA) is 261 Å². The van der Waals surface area contributed by atoms with Gasteiger partial charge < -0.3 is 47.4 Å². The zero-order valence-electron chi connectivity index (χ0n) is 58.9. The van der Waals surface area contributed by atoms with E-state index in [-0.39, 0.29) is 45.9 Å². The van der Waals surface area contributed by atoms with Gasteiger partial charge in [0.25, 0.3) is 0 Å². The summed E-state index contributed by atoms with van der Waals surface area (Å²) in [6, 6.07) is 59.8. The van der Waals surface area contributed by atoms with Gasteiger partial charge in [-0.05, 0) is 210 Å². The van der Waals surface area contributed by atoms with E-state index in [1.807, 2.05) is 91.0 Å². The molecule has 0 bridgehead atoms. The summed E-state index contributed by atoms with van der Waals surface area (Å²) in [6.45, 7) is 8.59. The van der Waals surface area contributed by atoms with Gasteiger partial charge in [-0.15, -0.1) is 0 Å². The Morgan fingerprint density at radius 3 is 1.13 bits per heavy atom. The average Bonchev–Trinajstić information content (AvgIpc) is 0.751. The van der Waals surface area contributed by atoms with Crippen LogP contribution in [-0.2, 0) is 35.1 Å². The fraction of sp³-hybridized carbons (Fsp3) is 0.174. The maximum absolute atomic E-state index is 14.2. The molecule has 0 atom stereocenters. The fourth-order valence-electron chi connectivity index (χ4n) is 11.0. The molecule has 10 rings (SSSR count). The smallest absolute Gasteiger partial charge is 0.343 e. The zero-order chi connectivity index (χ0) is 75.1. The van der Waals surface area contributed by atoms with E-state index in [1.54, 1.807) is 97.2 Å². The van der Waals surface area contributed by atoms with Crippen molar-refractivity contribution in [3.05, 3.63) is 287 Å². The molecule has 0 unspecified atom stereocenters. The Bertz CT molecular complexity index is 4950. The largest absolute Gasteiger partial charge is 0.494 e. The van der Waals surface area contributed by atoms with E-state index in [1.165, 1.54) is 57.1 Å². The lowest BCUT2D eigenvalue weighted by Gasteiger charge is -2.19. The molecule has 0 amide bonds. The summed E-state index contributed by atoms with van der Waals surface area (Å²) < 4.78 is 56.0. The molecule has 0 saturated carbocycles. The number of carbonyl (C=O) groups is 7. The lowest BCUT2D eigenvalue weighted by molar-refractivity contribution is -0.138. The van der Waals surface area contributed by atoms with Crippen molar-refractivity contribution in [1.29, 1.82) is 0 Å². The Balaban J connectivity index is 0.737. The normalized spacial score (nSPS) is 11.2. The SMILES string of the molecule is C=CC(=O)OCCCCCCOc1ccc(C(=O)Oc2ccc(/C=N/N=C/c3ccc(COc4ccc5ccccc5c4-c4c(OC(=O)c5ccc(/C=N/N=C/c6ccc(OC(=O)c7ccc(OCCCCCCOC(=O)C=C)cc7)c(C(=O)OC)c6)cc5)ccc5ccccc45)cc3)cc2C(=O)OC)cc1. The molecule has 0 aromatic heterocycles. The van der Waals surface area contributed by atoms with Gasteiger partial charge in [-0.3, -0.25) is 0 Å². The number of carbonyl (C=O) groups excluding carboxylic acids is 7. The highest BCUT2D eigenvalue weighted by Gasteiger charge is 2.24. The first-order valence-corrected chi connectivity index (χ1v) is 34.4. The van der Waals surface area contributed by atoms with Crippen molar-refractivity contribution in [3.63, 3.8) is 0 Å². The van der Waals surface area contributed by atoms with Crippen LogP contribution in [0.25, 0.3) is 32.7 Å². The number of benzene rings is 10. The summed E-state index contributed by atoms with van der Waals surface area (Å²) in [6.07, 6.45) is 14.9. The van der Waals surface area contributed by atoms with E-state index in [2.05, 4.69) is 33.6 Å². The molecule has 0 fully saturated rings. The first-order valence-electron chi connectivity index (χ1n) is 34.4. The molecule has 0 N–H and O–H groups in total. The summed E-state index contributed by atoms with van der Waals surface area (Å²) in [7, 11) is 2.45. The number of unbranched alkanes of at least 4 members (excludes halogenated alkanes) is 6. The van der Waals surface area contributed by atoms with Crippen molar-refractivity contribution in [2.75, 3.05) is 40.6 Å². The number of ether oxygens (including phenoxy) is 10. The van der Waals surface area contributed by atoms with Crippen LogP contribution < -0.4 is 28.4 Å². The number of fused-ring (bicyclic) bond motifs is 2. The minimum Gasteiger partial charge on any atom is -0.494 e. The van der Waals surface area contributed by atoms with Crippen LogP contribution in [0.5, 0.6) is 34.5 Å². The molecule has 0 aliphatic rings. The fourth-order valence-corrected chi connectivity index (χ4v) is 11.0. The Hall–Kier alpha value is -13.4. The van der Waals surface area contributed by atoms with Crippen molar-refractivity contribution in [1.82, 2.24) is 0 Å². The molecule has 0 spiro atoms. The molecular formula is C86H76N4O17. The second-order valence-electron chi connectivity index (χ2n) is 23.9. The van der Waals surface area contributed by atoms with Crippen molar-refractivity contribution in [2.45, 2.75) is 58.0 Å². The summed E-state index contributed by atoms with van der Waals surface area (Å²) in [5.41, 5.74) is 5.35. The number of hydrogen-bond donors (Lipinski definition) is 0. The molecule has 10 aromatic carbocycles. The minimum absolute atomic E-state index is 0.0000401. The maximum atomic E-state index is 14.2. The van der Waals surface area contributed by atoms with E-state index >= 15 is 0 Å². The van der Waals surface area contributed by atoms with Gasteiger partial charge in [0.15, 0.2) is 0 Å². The van der Waals surface area contributed by atoms with Gasteiger partial charge >= 0.3 is 41.8 Å². The summed E-state index contributed by atoms with van der Waals surface area (Å²) >= 11 is 0. The molecular weight excluding hydrogens is 1360 g/mol. The molecule has 0 radical (unpaired) electrons. The van der Waals surface area contributed by atoms with Crippen LogP contribution in [0, 0.1) is 0 Å². The minimum atomic E-state index is -0.732. The monoisotopic (exact) mass is 1440 g/mol. The summed E-state index contributed by atoms with van der Waals surface area (Å²) in [5.74, 6) is -2.28. The maximum Gasteiger partial charge on any atom is 0.343 e. The van der Waals surface area contributed by atoms with Crippen LogP contribution >= 0.6 is 0 Å². The number of esters is 7. The van der Waals surface area contributed by atoms with Gasteiger partial charge in [-0.25, -0.2) is 33.6 Å². The highest BCUT2D eigenvalue weighted by atomic mass is 16.6. The molecule has 21 heteroatoms. The van der Waals surface area contributed by atoms with Crippen LogP contribution in [-0.4, -0.2) is 107 Å².